The van der Waals surface area contributed by atoms with Crippen LogP contribution in [-0.4, -0.2) is 34.3 Å². The van der Waals surface area contributed by atoms with Crippen molar-refractivity contribution < 1.29 is 9.90 Å². The number of hydrogen-bond acceptors (Lipinski definition) is 2. The Hall–Kier alpha value is -3.38. The van der Waals surface area contributed by atoms with Crippen LogP contribution in [0.15, 0.2) is 72.9 Å². The second kappa shape index (κ2) is 7.93. The number of amides is 1. The van der Waals surface area contributed by atoms with Crippen LogP contribution in [0.4, 0.5) is 10.5 Å². The molecule has 0 aliphatic carbocycles. The molecule has 4 rings (SSSR count). The van der Waals surface area contributed by atoms with Gasteiger partial charge in [0.2, 0.25) is 0 Å². The minimum atomic E-state index is -1.09. The highest BCUT2D eigenvalue weighted by Gasteiger charge is 2.23. The number of thiocarbonyl (C=S) groups is 1. The van der Waals surface area contributed by atoms with Gasteiger partial charge in [-0.15, -0.1) is 0 Å². The topological polar surface area (TPSA) is 68.4 Å². The van der Waals surface area contributed by atoms with Crippen molar-refractivity contribution in [2.24, 2.45) is 0 Å². The molecule has 0 saturated heterocycles. The zero-order chi connectivity index (χ0) is 20.4. The first-order valence-corrected chi connectivity index (χ1v) is 9.75. The summed E-state index contributed by atoms with van der Waals surface area (Å²) in [5, 5.41) is 15.3. The number of anilines is 1. The molecule has 0 bridgehead atoms. The van der Waals surface area contributed by atoms with Crippen LogP contribution in [0.1, 0.15) is 5.56 Å². The maximum absolute atomic E-state index is 11.5. The highest BCUT2D eigenvalue weighted by molar-refractivity contribution is 7.80. The van der Waals surface area contributed by atoms with Crippen molar-refractivity contribution in [2.75, 3.05) is 11.9 Å². The van der Waals surface area contributed by atoms with Gasteiger partial charge < -0.3 is 20.3 Å². The van der Waals surface area contributed by atoms with Crippen LogP contribution in [0.5, 0.6) is 0 Å². The van der Waals surface area contributed by atoms with E-state index in [1.165, 1.54) is 0 Å². The Morgan fingerprint density at radius 2 is 1.76 bits per heavy atom. The quantitative estimate of drug-likeness (QED) is 0.412. The smallest absolute Gasteiger partial charge is 0.405 e. The van der Waals surface area contributed by atoms with Crippen LogP contribution < -0.4 is 10.2 Å². The maximum atomic E-state index is 11.5. The summed E-state index contributed by atoms with van der Waals surface area (Å²) in [5.41, 5.74) is 2.99. The molecule has 4 aromatic rings. The molecule has 0 fully saturated rings. The van der Waals surface area contributed by atoms with E-state index in [4.69, 9.17) is 12.2 Å². The molecule has 1 amide bonds. The van der Waals surface area contributed by atoms with E-state index in [0.29, 0.717) is 11.4 Å². The monoisotopic (exact) mass is 403 g/mol. The first-order valence-electron chi connectivity index (χ1n) is 9.34. The molecule has 29 heavy (non-hydrogen) atoms. The Kier molecular flexibility index (Phi) is 5.18. The molecular formula is C23H21N3O2S. The molecular weight excluding hydrogens is 382 g/mol. The predicted molar refractivity (Wildman–Crippen MR) is 122 cm³/mol. The number of rotatable bonds is 5. The first-order chi connectivity index (χ1) is 14.0. The van der Waals surface area contributed by atoms with Crippen LogP contribution >= 0.6 is 12.2 Å². The summed E-state index contributed by atoms with van der Waals surface area (Å²) >= 11 is 5.75. The molecule has 0 saturated carbocycles. The summed E-state index contributed by atoms with van der Waals surface area (Å²) in [6.07, 6.45) is 1.29. The Balaban J connectivity index is 1.67. The third-order valence-electron chi connectivity index (χ3n) is 5.15. The minimum absolute atomic E-state index is 0.463. The lowest BCUT2D eigenvalue weighted by molar-refractivity contribution is 0.193. The standard InChI is InChI=1S/C23H21N3O2S/c1-26(21-12-6-8-15-7-2-3-10-18(15)21)22(29)20(25-23(27)28)13-16-14-24-19-11-5-4-9-17(16)19/h2-12,14,20,24-25H,13H2,1H3,(H,27,28)/t20-/m1/s1. The lowest BCUT2D eigenvalue weighted by Gasteiger charge is -2.28. The number of aromatic amines is 1. The third-order valence-corrected chi connectivity index (χ3v) is 5.71. The number of fused-ring (bicyclic) bond motifs is 2. The zero-order valence-corrected chi connectivity index (χ0v) is 16.7. The van der Waals surface area contributed by atoms with Gasteiger partial charge in [0, 0.05) is 41.6 Å². The summed E-state index contributed by atoms with van der Waals surface area (Å²) < 4.78 is 0. The first kappa shape index (κ1) is 19.0. The second-order valence-electron chi connectivity index (χ2n) is 6.96. The lowest BCUT2D eigenvalue weighted by Crippen LogP contribution is -2.47. The molecule has 3 aromatic carbocycles. The zero-order valence-electron chi connectivity index (χ0n) is 15.9. The molecule has 0 spiro atoms. The van der Waals surface area contributed by atoms with E-state index < -0.39 is 12.1 Å². The van der Waals surface area contributed by atoms with Crippen molar-refractivity contribution in [2.45, 2.75) is 12.5 Å². The Bertz CT molecular complexity index is 1200. The number of aromatic nitrogens is 1. The van der Waals surface area contributed by atoms with Crippen molar-refractivity contribution in [3.63, 3.8) is 0 Å². The molecule has 0 unspecified atom stereocenters. The average Bonchev–Trinajstić information content (AvgIpc) is 3.14. The van der Waals surface area contributed by atoms with Gasteiger partial charge in [0.05, 0.1) is 6.04 Å². The molecule has 6 heteroatoms. The van der Waals surface area contributed by atoms with Crippen LogP contribution in [0.3, 0.4) is 0 Å². The Morgan fingerprint density at radius 3 is 2.55 bits per heavy atom. The number of likely N-dealkylation sites (N-methyl/N-ethyl adjacent to an activating group) is 1. The fourth-order valence-corrected chi connectivity index (χ4v) is 3.96. The number of H-pyrrole nitrogens is 1. The third kappa shape index (κ3) is 3.79. The SMILES string of the molecule is CN(C(=S)[C@@H](Cc1c[nH]c2ccccc12)NC(=O)O)c1cccc2ccccc12. The summed E-state index contributed by atoms with van der Waals surface area (Å²) in [6, 6.07) is 21.5. The number of para-hydroxylation sites is 1. The molecule has 146 valence electrons. The summed E-state index contributed by atoms with van der Waals surface area (Å²) in [6.45, 7) is 0. The van der Waals surface area contributed by atoms with Gasteiger partial charge in [-0.2, -0.15) is 0 Å². The molecule has 1 heterocycles. The van der Waals surface area contributed by atoms with Crippen LogP contribution in [0.2, 0.25) is 0 Å². The van der Waals surface area contributed by atoms with Crippen molar-refractivity contribution >= 4 is 50.7 Å². The van der Waals surface area contributed by atoms with E-state index in [-0.39, 0.29) is 0 Å². The van der Waals surface area contributed by atoms with Gasteiger partial charge in [-0.05, 0) is 23.1 Å². The average molecular weight is 404 g/mol. The van der Waals surface area contributed by atoms with E-state index in [0.717, 1.165) is 32.9 Å². The van der Waals surface area contributed by atoms with Gasteiger partial charge in [0.25, 0.3) is 0 Å². The summed E-state index contributed by atoms with van der Waals surface area (Å²) in [7, 11) is 1.88. The number of carbonyl (C=O) groups is 1. The van der Waals surface area contributed by atoms with Crippen molar-refractivity contribution in [1.82, 2.24) is 10.3 Å². The maximum Gasteiger partial charge on any atom is 0.405 e. The van der Waals surface area contributed by atoms with Crippen LogP contribution in [0.25, 0.3) is 21.7 Å². The fraction of sp³-hybridized carbons (Fsp3) is 0.130. The van der Waals surface area contributed by atoms with E-state index >= 15 is 0 Å². The largest absolute Gasteiger partial charge is 0.465 e. The molecule has 1 aromatic heterocycles. The van der Waals surface area contributed by atoms with Gasteiger partial charge in [0.15, 0.2) is 0 Å². The Morgan fingerprint density at radius 1 is 1.07 bits per heavy atom. The van der Waals surface area contributed by atoms with E-state index in [2.05, 4.69) is 22.4 Å². The van der Waals surface area contributed by atoms with E-state index in [1.54, 1.807) is 0 Å². The fourth-order valence-electron chi connectivity index (χ4n) is 3.72. The highest BCUT2D eigenvalue weighted by atomic mass is 32.1. The van der Waals surface area contributed by atoms with Crippen molar-refractivity contribution in [1.29, 1.82) is 0 Å². The van der Waals surface area contributed by atoms with Gasteiger partial charge in [-0.1, -0.05) is 66.8 Å². The molecule has 0 aliphatic heterocycles. The minimum Gasteiger partial charge on any atom is -0.465 e. The van der Waals surface area contributed by atoms with E-state index in [1.807, 2.05) is 72.7 Å². The van der Waals surface area contributed by atoms with Gasteiger partial charge >= 0.3 is 6.09 Å². The predicted octanol–water partition coefficient (Wildman–Crippen LogP) is 4.96. The van der Waals surface area contributed by atoms with Crippen LogP contribution in [0, 0.1) is 0 Å². The van der Waals surface area contributed by atoms with Crippen molar-refractivity contribution in [3.8, 4) is 0 Å². The van der Waals surface area contributed by atoms with Gasteiger partial charge in [0.1, 0.15) is 4.99 Å². The number of nitrogens with zero attached hydrogens (tertiary/aromatic N) is 1. The van der Waals surface area contributed by atoms with Crippen molar-refractivity contribution in [3.05, 3.63) is 78.5 Å². The molecule has 3 N–H and O–H groups in total. The molecule has 5 nitrogen and oxygen atoms in total. The summed E-state index contributed by atoms with van der Waals surface area (Å²) in [4.78, 5) is 17.1. The van der Waals surface area contributed by atoms with Gasteiger partial charge in [-0.25, -0.2) is 4.79 Å². The normalized spacial score (nSPS) is 12.0. The van der Waals surface area contributed by atoms with Crippen LogP contribution in [-0.2, 0) is 6.42 Å². The molecule has 0 radical (unpaired) electrons. The van der Waals surface area contributed by atoms with Gasteiger partial charge in [-0.3, -0.25) is 0 Å². The highest BCUT2D eigenvalue weighted by Crippen LogP contribution is 2.27. The lowest BCUT2D eigenvalue weighted by atomic mass is 10.0. The number of carboxylic acid groups (broad SMARTS) is 1. The Labute approximate surface area is 174 Å². The second-order valence-corrected chi connectivity index (χ2v) is 7.38. The molecule has 0 aliphatic rings. The number of nitrogens with one attached hydrogen (secondary N) is 2. The summed E-state index contributed by atoms with van der Waals surface area (Å²) in [5.74, 6) is 0. The number of hydrogen-bond donors (Lipinski definition) is 3. The molecule has 1 atom stereocenters. The van der Waals surface area contributed by atoms with E-state index in [9.17, 15) is 9.90 Å². The number of benzene rings is 3.